The van der Waals surface area contributed by atoms with Crippen LogP contribution >= 0.6 is 0 Å². The zero-order valence-corrected chi connectivity index (χ0v) is 14.2. The molecule has 0 saturated carbocycles. The summed E-state index contributed by atoms with van der Waals surface area (Å²) in [7, 11) is 0. The highest BCUT2D eigenvalue weighted by Crippen LogP contribution is 2.54. The van der Waals surface area contributed by atoms with E-state index in [0.29, 0.717) is 12.1 Å². The van der Waals surface area contributed by atoms with E-state index >= 15 is 0 Å². The highest BCUT2D eigenvalue weighted by molar-refractivity contribution is 5.58. The molecule has 1 aliphatic rings. The predicted molar refractivity (Wildman–Crippen MR) is 103 cm³/mol. The molecule has 3 aromatic carbocycles. The Morgan fingerprint density at radius 1 is 0.680 bits per heavy atom. The van der Waals surface area contributed by atoms with Gasteiger partial charge in [-0.05, 0) is 29.5 Å². The molecule has 1 heterocycles. The summed E-state index contributed by atoms with van der Waals surface area (Å²) < 4.78 is 0. The van der Waals surface area contributed by atoms with Crippen LogP contribution in [0.25, 0.3) is 0 Å². The van der Waals surface area contributed by atoms with Crippen molar-refractivity contribution < 1.29 is 0 Å². The van der Waals surface area contributed by atoms with Crippen LogP contribution < -0.4 is 0 Å². The molecule has 0 unspecified atom stereocenters. The Balaban J connectivity index is 1.46. The van der Waals surface area contributed by atoms with Crippen molar-refractivity contribution in [2.24, 2.45) is 5.10 Å². The molecule has 0 aliphatic carbocycles. The number of rotatable bonds is 6. The Morgan fingerprint density at radius 3 is 1.68 bits per heavy atom. The van der Waals surface area contributed by atoms with Crippen molar-refractivity contribution in [3.63, 3.8) is 0 Å². The predicted octanol–water partition coefficient (Wildman–Crippen LogP) is 5.40. The number of nitrogens with zero attached hydrogens (tertiary/aromatic N) is 2. The fourth-order valence-corrected chi connectivity index (χ4v) is 3.36. The molecule has 1 saturated heterocycles. The first-order valence-corrected chi connectivity index (χ1v) is 8.88. The molecule has 25 heavy (non-hydrogen) atoms. The van der Waals surface area contributed by atoms with E-state index in [9.17, 15) is 0 Å². The summed E-state index contributed by atoms with van der Waals surface area (Å²) in [5.74, 6) is 0. The summed E-state index contributed by atoms with van der Waals surface area (Å²) >= 11 is 0. The molecule has 2 nitrogen and oxygen atoms in total. The normalized spacial score (nSPS) is 19.3. The summed E-state index contributed by atoms with van der Waals surface area (Å²) in [5.41, 5.74) is 4.02. The fourth-order valence-electron chi connectivity index (χ4n) is 3.36. The van der Waals surface area contributed by atoms with Gasteiger partial charge in [0.15, 0.2) is 0 Å². The minimum atomic E-state index is 0.344. The lowest BCUT2D eigenvalue weighted by Gasteiger charge is -1.99. The van der Waals surface area contributed by atoms with Crippen LogP contribution in [0, 0.1) is 0 Å². The largest absolute Gasteiger partial charge is 0.277 e. The van der Waals surface area contributed by atoms with Crippen molar-refractivity contribution in [2.75, 3.05) is 0 Å². The molecule has 0 spiro atoms. The fraction of sp³-hybridized carbons (Fsp3) is 0.174. The smallest absolute Gasteiger partial charge is 0.0990 e. The van der Waals surface area contributed by atoms with E-state index in [-0.39, 0.29) is 0 Å². The van der Waals surface area contributed by atoms with Gasteiger partial charge in [0.25, 0.3) is 0 Å². The molecule has 0 bridgehead atoms. The maximum Gasteiger partial charge on any atom is 0.0990 e. The van der Waals surface area contributed by atoms with E-state index in [1.807, 2.05) is 0 Å². The van der Waals surface area contributed by atoms with Crippen molar-refractivity contribution >= 4 is 6.21 Å². The van der Waals surface area contributed by atoms with E-state index in [2.05, 4.69) is 102 Å². The maximum absolute atomic E-state index is 4.77. The van der Waals surface area contributed by atoms with Crippen LogP contribution in [0.1, 0.15) is 35.2 Å². The van der Waals surface area contributed by atoms with E-state index in [0.717, 1.165) is 12.8 Å². The Labute approximate surface area is 149 Å². The molecular formula is C23H22N2. The minimum Gasteiger partial charge on any atom is -0.277 e. The first kappa shape index (κ1) is 15.6. The van der Waals surface area contributed by atoms with Gasteiger partial charge < -0.3 is 0 Å². The molecular weight excluding hydrogens is 304 g/mol. The lowest BCUT2D eigenvalue weighted by atomic mass is 10.0. The van der Waals surface area contributed by atoms with Crippen LogP contribution in [-0.4, -0.2) is 11.2 Å². The molecule has 0 aromatic heterocycles. The van der Waals surface area contributed by atoms with Gasteiger partial charge in [-0.1, -0.05) is 91.0 Å². The van der Waals surface area contributed by atoms with Crippen LogP contribution in [0.3, 0.4) is 0 Å². The van der Waals surface area contributed by atoms with Crippen molar-refractivity contribution in [3.05, 3.63) is 108 Å². The van der Waals surface area contributed by atoms with Crippen LogP contribution in [0.5, 0.6) is 0 Å². The monoisotopic (exact) mass is 326 g/mol. The quantitative estimate of drug-likeness (QED) is 0.437. The van der Waals surface area contributed by atoms with E-state index in [4.69, 9.17) is 5.10 Å². The standard InChI is InChI=1S/C23H22N2/c1-4-11-19(12-5-1)13-10-18-24-25-22(20-14-6-2-7-15-20)23(25)21-16-8-3-9-17-21/h1-9,11-12,14-18,22-23H,10,13H2/b24-18+/t22-,23-/m1/s1. The third-order valence-electron chi connectivity index (χ3n) is 4.68. The van der Waals surface area contributed by atoms with Gasteiger partial charge in [-0.15, -0.1) is 0 Å². The molecule has 1 fully saturated rings. The lowest BCUT2D eigenvalue weighted by molar-refractivity contribution is 0.522. The third-order valence-corrected chi connectivity index (χ3v) is 4.68. The van der Waals surface area contributed by atoms with E-state index < -0.39 is 0 Å². The lowest BCUT2D eigenvalue weighted by Crippen LogP contribution is -1.92. The maximum atomic E-state index is 4.77. The van der Waals surface area contributed by atoms with Gasteiger partial charge >= 0.3 is 0 Å². The minimum absolute atomic E-state index is 0.344. The average Bonchev–Trinajstić information content (AvgIpc) is 3.42. The topological polar surface area (TPSA) is 15.4 Å². The molecule has 2 heteroatoms. The summed E-state index contributed by atoms with van der Waals surface area (Å²) in [6, 6.07) is 32.6. The number of benzene rings is 3. The van der Waals surface area contributed by atoms with Crippen LogP contribution in [-0.2, 0) is 6.42 Å². The van der Waals surface area contributed by atoms with Crippen LogP contribution in [0.2, 0.25) is 0 Å². The number of aryl methyl sites for hydroxylation is 1. The summed E-state index contributed by atoms with van der Waals surface area (Å²) in [4.78, 5) is 0. The molecule has 2 atom stereocenters. The second kappa shape index (κ2) is 7.35. The molecule has 0 N–H and O–H groups in total. The second-order valence-corrected chi connectivity index (χ2v) is 6.41. The number of hydrazone groups is 1. The second-order valence-electron chi connectivity index (χ2n) is 6.41. The summed E-state index contributed by atoms with van der Waals surface area (Å²) in [6.45, 7) is 0. The van der Waals surface area contributed by atoms with Gasteiger partial charge in [-0.2, -0.15) is 5.10 Å². The van der Waals surface area contributed by atoms with Gasteiger partial charge in [0.05, 0.1) is 12.1 Å². The zero-order chi connectivity index (χ0) is 16.9. The zero-order valence-electron chi connectivity index (χ0n) is 14.2. The van der Waals surface area contributed by atoms with Gasteiger partial charge in [0.2, 0.25) is 0 Å². The Kier molecular flexibility index (Phi) is 4.60. The van der Waals surface area contributed by atoms with Crippen LogP contribution in [0.4, 0.5) is 0 Å². The van der Waals surface area contributed by atoms with Gasteiger partial charge in [0.1, 0.15) is 0 Å². The first-order valence-electron chi connectivity index (χ1n) is 8.88. The highest BCUT2D eigenvalue weighted by atomic mass is 15.6. The summed E-state index contributed by atoms with van der Waals surface area (Å²) in [6.07, 6.45) is 4.06. The molecule has 0 radical (unpaired) electrons. The van der Waals surface area contributed by atoms with Gasteiger partial charge in [-0.25, -0.2) is 0 Å². The Morgan fingerprint density at radius 2 is 1.16 bits per heavy atom. The van der Waals surface area contributed by atoms with Crippen LogP contribution in [0.15, 0.2) is 96.1 Å². The third kappa shape index (κ3) is 3.63. The molecule has 3 aromatic rings. The molecule has 124 valence electrons. The average molecular weight is 326 g/mol. The summed E-state index contributed by atoms with van der Waals surface area (Å²) in [5, 5.41) is 6.99. The number of hydrogen-bond acceptors (Lipinski definition) is 2. The van der Waals surface area contributed by atoms with Crippen molar-refractivity contribution in [3.8, 4) is 0 Å². The van der Waals surface area contributed by atoms with Crippen molar-refractivity contribution in [2.45, 2.75) is 24.9 Å². The van der Waals surface area contributed by atoms with E-state index in [1.165, 1.54) is 16.7 Å². The molecule has 1 aliphatic heterocycles. The van der Waals surface area contributed by atoms with Crippen molar-refractivity contribution in [1.29, 1.82) is 0 Å². The first-order chi connectivity index (χ1) is 12.4. The SMILES string of the molecule is C(/CCc1ccccc1)=N\N1[C@H](c2ccccc2)[C@H]1c1ccccc1. The highest BCUT2D eigenvalue weighted by Gasteiger charge is 2.49. The van der Waals surface area contributed by atoms with Gasteiger partial charge in [0, 0.05) is 6.21 Å². The molecule has 0 amide bonds. The number of hydrogen-bond donors (Lipinski definition) is 0. The Hall–Kier alpha value is -2.87. The van der Waals surface area contributed by atoms with E-state index in [1.54, 1.807) is 0 Å². The van der Waals surface area contributed by atoms with Gasteiger partial charge in [-0.3, -0.25) is 5.01 Å². The Bertz CT molecular complexity index is 767. The molecule has 4 rings (SSSR count). The van der Waals surface area contributed by atoms with Crippen molar-refractivity contribution in [1.82, 2.24) is 5.01 Å².